The maximum absolute atomic E-state index is 11.2. The van der Waals surface area contributed by atoms with Gasteiger partial charge in [-0.05, 0) is 18.1 Å². The molecule has 0 fully saturated rings. The third-order valence-corrected chi connectivity index (χ3v) is 2.53. The van der Waals surface area contributed by atoms with E-state index in [9.17, 15) is 9.90 Å². The lowest BCUT2D eigenvalue weighted by atomic mass is 9.99. The molecule has 1 rings (SSSR count). The summed E-state index contributed by atoms with van der Waals surface area (Å²) in [5.74, 6) is -0.190. The van der Waals surface area contributed by atoms with Crippen LogP contribution in [0.15, 0.2) is 18.3 Å². The van der Waals surface area contributed by atoms with Gasteiger partial charge < -0.3 is 14.6 Å². The Morgan fingerprint density at radius 2 is 2.18 bits per heavy atom. The number of methoxy groups -OCH3 is 2. The first-order valence-corrected chi connectivity index (χ1v) is 5.34. The molecule has 5 nitrogen and oxygen atoms in total. The van der Waals surface area contributed by atoms with Crippen molar-refractivity contribution in [1.82, 2.24) is 4.98 Å². The van der Waals surface area contributed by atoms with E-state index in [1.807, 2.05) is 0 Å². The van der Waals surface area contributed by atoms with Crippen molar-refractivity contribution < 1.29 is 19.4 Å². The second kappa shape index (κ2) is 6.20. The summed E-state index contributed by atoms with van der Waals surface area (Å²) in [7, 11) is 2.86. The van der Waals surface area contributed by atoms with E-state index >= 15 is 0 Å². The van der Waals surface area contributed by atoms with Gasteiger partial charge in [-0.3, -0.25) is 4.79 Å². The fraction of sp³-hybridized carbons (Fsp3) is 0.500. The highest BCUT2D eigenvalue weighted by Gasteiger charge is 2.19. The quantitative estimate of drug-likeness (QED) is 0.785. The number of hydrogen-bond donors (Lipinski definition) is 1. The van der Waals surface area contributed by atoms with Gasteiger partial charge in [0, 0.05) is 12.3 Å². The minimum absolute atomic E-state index is 0.306. The van der Waals surface area contributed by atoms with E-state index in [2.05, 4.69) is 9.72 Å². The first-order valence-electron chi connectivity index (χ1n) is 5.34. The van der Waals surface area contributed by atoms with Crippen LogP contribution in [0.4, 0.5) is 0 Å². The zero-order valence-electron chi connectivity index (χ0n) is 10.2. The highest BCUT2D eigenvalue weighted by atomic mass is 16.5. The van der Waals surface area contributed by atoms with Crippen LogP contribution < -0.4 is 4.74 Å². The summed E-state index contributed by atoms with van der Waals surface area (Å²) in [5, 5.41) is 9.91. The average molecular weight is 239 g/mol. The molecule has 2 atom stereocenters. The molecule has 0 saturated carbocycles. The molecule has 2 unspecified atom stereocenters. The molecule has 1 aromatic heterocycles. The summed E-state index contributed by atoms with van der Waals surface area (Å²) in [6, 6.07) is 3.39. The Balaban J connectivity index is 2.62. The standard InChI is InChI=1S/C12H17NO4/c1-8(12(15)17-3)6-10(14)9-4-5-11(16-2)13-7-9/h4-5,7-8,10,14H,6H2,1-3H3. The van der Waals surface area contributed by atoms with Gasteiger partial charge in [0.15, 0.2) is 0 Å². The molecule has 0 aliphatic carbocycles. The lowest BCUT2D eigenvalue weighted by Gasteiger charge is -2.14. The van der Waals surface area contributed by atoms with Gasteiger partial charge in [-0.25, -0.2) is 4.98 Å². The lowest BCUT2D eigenvalue weighted by molar-refractivity contribution is -0.145. The Hall–Kier alpha value is -1.62. The number of aliphatic hydroxyl groups is 1. The average Bonchev–Trinajstić information content (AvgIpc) is 2.37. The molecule has 0 aliphatic rings. The molecular weight excluding hydrogens is 222 g/mol. The van der Waals surface area contributed by atoms with E-state index < -0.39 is 6.10 Å². The first kappa shape index (κ1) is 13.4. The largest absolute Gasteiger partial charge is 0.481 e. The highest BCUT2D eigenvalue weighted by Crippen LogP contribution is 2.22. The van der Waals surface area contributed by atoms with Crippen LogP contribution in [0.25, 0.3) is 0 Å². The molecule has 1 N–H and O–H groups in total. The minimum atomic E-state index is -0.734. The van der Waals surface area contributed by atoms with Crippen LogP contribution in [-0.4, -0.2) is 30.3 Å². The fourth-order valence-electron chi connectivity index (χ4n) is 1.48. The van der Waals surface area contributed by atoms with E-state index in [1.54, 1.807) is 19.1 Å². The topological polar surface area (TPSA) is 68.7 Å². The van der Waals surface area contributed by atoms with E-state index in [4.69, 9.17) is 4.74 Å². The molecule has 94 valence electrons. The maximum Gasteiger partial charge on any atom is 0.308 e. The summed E-state index contributed by atoms with van der Waals surface area (Å²) >= 11 is 0. The van der Waals surface area contributed by atoms with Crippen molar-refractivity contribution in [3.63, 3.8) is 0 Å². The number of carbonyl (C=O) groups is 1. The van der Waals surface area contributed by atoms with Gasteiger partial charge in [-0.15, -0.1) is 0 Å². The van der Waals surface area contributed by atoms with Crippen molar-refractivity contribution in [2.24, 2.45) is 5.92 Å². The summed E-state index contributed by atoms with van der Waals surface area (Å²) in [5.41, 5.74) is 0.654. The third kappa shape index (κ3) is 3.71. The predicted octanol–water partition coefficient (Wildman–Crippen LogP) is 1.32. The Morgan fingerprint density at radius 1 is 1.47 bits per heavy atom. The van der Waals surface area contributed by atoms with Crippen LogP contribution in [0.1, 0.15) is 25.0 Å². The van der Waals surface area contributed by atoms with Crippen molar-refractivity contribution in [2.45, 2.75) is 19.4 Å². The van der Waals surface area contributed by atoms with Gasteiger partial charge in [0.05, 0.1) is 26.2 Å². The number of ether oxygens (including phenoxy) is 2. The van der Waals surface area contributed by atoms with Crippen LogP contribution in [-0.2, 0) is 9.53 Å². The molecule has 0 aromatic carbocycles. The second-order valence-corrected chi connectivity index (χ2v) is 3.81. The molecule has 17 heavy (non-hydrogen) atoms. The number of carbonyl (C=O) groups excluding carboxylic acids is 1. The van der Waals surface area contributed by atoms with Crippen LogP contribution in [0.5, 0.6) is 5.88 Å². The number of aliphatic hydroxyl groups excluding tert-OH is 1. The number of pyridine rings is 1. The molecule has 0 spiro atoms. The zero-order valence-corrected chi connectivity index (χ0v) is 10.2. The SMILES string of the molecule is COC(=O)C(C)CC(O)c1ccc(OC)nc1. The summed E-state index contributed by atoms with van der Waals surface area (Å²) in [6.07, 6.45) is 1.11. The van der Waals surface area contributed by atoms with Crippen LogP contribution in [0.2, 0.25) is 0 Å². The minimum Gasteiger partial charge on any atom is -0.481 e. The van der Waals surface area contributed by atoms with Crippen molar-refractivity contribution in [2.75, 3.05) is 14.2 Å². The second-order valence-electron chi connectivity index (χ2n) is 3.81. The van der Waals surface area contributed by atoms with Gasteiger partial charge >= 0.3 is 5.97 Å². The van der Waals surface area contributed by atoms with Crippen LogP contribution >= 0.6 is 0 Å². The van der Waals surface area contributed by atoms with Crippen LogP contribution in [0.3, 0.4) is 0 Å². The first-order chi connectivity index (χ1) is 8.08. The smallest absolute Gasteiger partial charge is 0.308 e. The Labute approximate surface area is 100 Å². The Morgan fingerprint density at radius 3 is 2.65 bits per heavy atom. The van der Waals surface area contributed by atoms with Crippen molar-refractivity contribution >= 4 is 5.97 Å². The molecule has 1 heterocycles. The van der Waals surface area contributed by atoms with E-state index in [-0.39, 0.29) is 11.9 Å². The number of aromatic nitrogens is 1. The lowest BCUT2D eigenvalue weighted by Crippen LogP contribution is -2.16. The zero-order chi connectivity index (χ0) is 12.8. The van der Waals surface area contributed by atoms with Crippen molar-refractivity contribution in [1.29, 1.82) is 0 Å². The van der Waals surface area contributed by atoms with Gasteiger partial charge in [0.2, 0.25) is 5.88 Å². The van der Waals surface area contributed by atoms with Gasteiger partial charge in [-0.2, -0.15) is 0 Å². The molecule has 5 heteroatoms. The number of rotatable bonds is 5. The van der Waals surface area contributed by atoms with E-state index in [0.717, 1.165) is 0 Å². The highest BCUT2D eigenvalue weighted by molar-refractivity contribution is 5.71. The monoisotopic (exact) mass is 239 g/mol. The van der Waals surface area contributed by atoms with Gasteiger partial charge in [0.25, 0.3) is 0 Å². The summed E-state index contributed by atoms with van der Waals surface area (Å²) < 4.78 is 9.52. The molecule has 0 amide bonds. The molecule has 0 saturated heterocycles. The number of nitrogens with zero attached hydrogens (tertiary/aromatic N) is 1. The molecule has 0 bridgehead atoms. The molecule has 0 radical (unpaired) electrons. The predicted molar refractivity (Wildman–Crippen MR) is 61.5 cm³/mol. The Bertz CT molecular complexity index is 363. The van der Waals surface area contributed by atoms with Crippen molar-refractivity contribution in [3.05, 3.63) is 23.9 Å². The summed E-state index contributed by atoms with van der Waals surface area (Å²) in [4.78, 5) is 15.2. The number of hydrogen-bond acceptors (Lipinski definition) is 5. The number of esters is 1. The molecular formula is C12H17NO4. The van der Waals surface area contributed by atoms with Gasteiger partial charge in [-0.1, -0.05) is 6.92 Å². The third-order valence-electron chi connectivity index (χ3n) is 2.53. The molecule has 0 aliphatic heterocycles. The molecule has 1 aromatic rings. The van der Waals surface area contributed by atoms with Gasteiger partial charge in [0.1, 0.15) is 0 Å². The summed E-state index contributed by atoms with van der Waals surface area (Å²) in [6.45, 7) is 1.71. The van der Waals surface area contributed by atoms with Crippen LogP contribution in [0, 0.1) is 5.92 Å². The fourth-order valence-corrected chi connectivity index (χ4v) is 1.48. The van der Waals surface area contributed by atoms with E-state index in [0.29, 0.717) is 17.9 Å². The maximum atomic E-state index is 11.2. The van der Waals surface area contributed by atoms with Crippen molar-refractivity contribution in [3.8, 4) is 5.88 Å². The Kier molecular flexibility index (Phi) is 4.90. The normalized spacial score (nSPS) is 13.9. The van der Waals surface area contributed by atoms with E-state index in [1.165, 1.54) is 20.4 Å².